The number of para-hydroxylation sites is 1. The molecule has 21 heavy (non-hydrogen) atoms. The highest BCUT2D eigenvalue weighted by molar-refractivity contribution is 7.99. The third-order valence-corrected chi connectivity index (χ3v) is 4.42. The average Bonchev–Trinajstić information content (AvgIpc) is 3.10. The maximum absolute atomic E-state index is 10.8. The molecule has 0 unspecified atom stereocenters. The van der Waals surface area contributed by atoms with E-state index in [1.165, 1.54) is 11.8 Å². The number of carboxylic acid groups (broad SMARTS) is 1. The molecule has 5 nitrogen and oxygen atoms in total. The Labute approximate surface area is 125 Å². The van der Waals surface area contributed by atoms with Gasteiger partial charge in [0.05, 0.1) is 16.8 Å². The second-order valence-electron chi connectivity index (χ2n) is 4.83. The van der Waals surface area contributed by atoms with E-state index in [0.29, 0.717) is 16.2 Å². The van der Waals surface area contributed by atoms with E-state index < -0.39 is 5.97 Å². The number of aromatic nitrogens is 2. The van der Waals surface area contributed by atoms with Crippen LogP contribution in [-0.4, -0.2) is 26.4 Å². The van der Waals surface area contributed by atoms with Crippen molar-refractivity contribution >= 4 is 28.8 Å². The van der Waals surface area contributed by atoms with E-state index in [2.05, 4.69) is 27.8 Å². The normalized spacial score (nSPS) is 14.6. The van der Waals surface area contributed by atoms with Crippen LogP contribution in [0.1, 0.15) is 24.4 Å². The van der Waals surface area contributed by atoms with Crippen LogP contribution in [0.4, 0.5) is 0 Å². The minimum atomic E-state index is -0.872. The summed E-state index contributed by atoms with van der Waals surface area (Å²) in [7, 11) is 0. The maximum atomic E-state index is 10.8. The smallest absolute Gasteiger partial charge is 0.313 e. The fourth-order valence-corrected chi connectivity index (χ4v) is 3.38. The number of carboxylic acids is 1. The van der Waals surface area contributed by atoms with E-state index >= 15 is 0 Å². The molecule has 1 aromatic heterocycles. The van der Waals surface area contributed by atoms with Gasteiger partial charge in [-0.15, -0.1) is 0 Å². The van der Waals surface area contributed by atoms with Crippen LogP contribution < -0.4 is 0 Å². The highest BCUT2D eigenvalue weighted by Crippen LogP contribution is 2.34. The number of imidazole rings is 1. The topological polar surface area (TPSA) is 78.9 Å². The van der Waals surface area contributed by atoms with Gasteiger partial charge in [0.1, 0.15) is 11.6 Å². The highest BCUT2D eigenvalue weighted by atomic mass is 32.2. The fraction of sp³-hybridized carbons (Fsp3) is 0.267. The third kappa shape index (κ3) is 2.52. The Bertz CT molecular complexity index is 765. The minimum Gasteiger partial charge on any atom is -0.481 e. The van der Waals surface area contributed by atoms with E-state index in [1.807, 2.05) is 12.1 Å². The minimum absolute atomic E-state index is 0.0364. The Morgan fingerprint density at radius 3 is 2.90 bits per heavy atom. The molecule has 2 aromatic rings. The third-order valence-electron chi connectivity index (χ3n) is 3.48. The molecule has 0 saturated carbocycles. The van der Waals surface area contributed by atoms with Crippen molar-refractivity contribution in [3.8, 4) is 6.07 Å². The van der Waals surface area contributed by atoms with Crippen LogP contribution in [0.5, 0.6) is 0 Å². The first-order valence-electron chi connectivity index (χ1n) is 6.61. The summed E-state index contributed by atoms with van der Waals surface area (Å²) < 4.78 is 2.07. The molecule has 106 valence electrons. The van der Waals surface area contributed by atoms with E-state index in [9.17, 15) is 10.1 Å². The van der Waals surface area contributed by atoms with Gasteiger partial charge in [0.25, 0.3) is 0 Å². The first-order valence-corrected chi connectivity index (χ1v) is 7.60. The summed E-state index contributed by atoms with van der Waals surface area (Å²) >= 11 is 1.20. The molecule has 0 saturated heterocycles. The molecule has 0 bridgehead atoms. The van der Waals surface area contributed by atoms with E-state index in [0.717, 1.165) is 18.4 Å². The van der Waals surface area contributed by atoms with Gasteiger partial charge in [-0.2, -0.15) is 5.26 Å². The number of carbonyl (C=O) groups is 1. The second kappa shape index (κ2) is 5.62. The molecule has 0 fully saturated rings. The summed E-state index contributed by atoms with van der Waals surface area (Å²) in [6.45, 7) is 0. The van der Waals surface area contributed by atoms with Gasteiger partial charge in [-0.05, 0) is 25.0 Å². The van der Waals surface area contributed by atoms with Gasteiger partial charge in [-0.1, -0.05) is 30.0 Å². The number of rotatable bonds is 4. The average molecular weight is 299 g/mol. The van der Waals surface area contributed by atoms with Crippen molar-refractivity contribution in [3.05, 3.63) is 35.9 Å². The summed E-state index contributed by atoms with van der Waals surface area (Å²) in [4.78, 5) is 15.3. The summed E-state index contributed by atoms with van der Waals surface area (Å²) in [6, 6.07) is 7.91. The second-order valence-corrected chi connectivity index (χ2v) is 5.77. The molecule has 0 amide bonds. The largest absolute Gasteiger partial charge is 0.481 e. The first-order chi connectivity index (χ1) is 10.2. The predicted octanol–water partition coefficient (Wildman–Crippen LogP) is 2.98. The number of hydrogen-bond donors (Lipinski definition) is 1. The lowest BCUT2D eigenvalue weighted by atomic mass is 10.2. The van der Waals surface area contributed by atoms with Crippen molar-refractivity contribution in [2.75, 3.05) is 5.75 Å². The van der Waals surface area contributed by atoms with Crippen LogP contribution in [0.2, 0.25) is 0 Å². The van der Waals surface area contributed by atoms with Gasteiger partial charge in [0.2, 0.25) is 0 Å². The van der Waals surface area contributed by atoms with E-state index in [-0.39, 0.29) is 11.8 Å². The van der Waals surface area contributed by atoms with Crippen molar-refractivity contribution in [1.29, 1.82) is 5.26 Å². The molecule has 1 aliphatic carbocycles. The van der Waals surface area contributed by atoms with Crippen molar-refractivity contribution in [2.45, 2.75) is 24.0 Å². The van der Waals surface area contributed by atoms with Crippen molar-refractivity contribution < 1.29 is 9.90 Å². The number of benzene rings is 1. The lowest BCUT2D eigenvalue weighted by Gasteiger charge is -2.15. The number of fused-ring (bicyclic) bond motifs is 1. The standard InChI is InChI=1S/C15H13N3O2S/c16-8-10-4-3-7-12-14(10)17-15(21-9-13(19)20)18(12)11-5-1-2-6-11/h1-4,7,11H,5-6,9H2,(H,19,20). The SMILES string of the molecule is N#Cc1cccc2c1nc(SCC(=O)O)n2C1CC=CC1. The Hall–Kier alpha value is -2.26. The first kappa shape index (κ1) is 13.7. The van der Waals surface area contributed by atoms with Crippen LogP contribution in [0.25, 0.3) is 11.0 Å². The fourth-order valence-electron chi connectivity index (χ4n) is 2.58. The van der Waals surface area contributed by atoms with Gasteiger partial charge in [-0.25, -0.2) is 4.98 Å². The monoisotopic (exact) mass is 299 g/mol. The predicted molar refractivity (Wildman–Crippen MR) is 80.2 cm³/mol. The van der Waals surface area contributed by atoms with Crippen molar-refractivity contribution in [3.63, 3.8) is 0 Å². The van der Waals surface area contributed by atoms with E-state index in [4.69, 9.17) is 5.11 Å². The molecule has 6 heteroatoms. The number of hydrogen-bond acceptors (Lipinski definition) is 4. The Balaban J connectivity index is 2.12. The van der Waals surface area contributed by atoms with Gasteiger partial charge in [-0.3, -0.25) is 4.79 Å². The number of nitriles is 1. The Kier molecular flexibility index (Phi) is 3.67. The summed E-state index contributed by atoms with van der Waals surface area (Å²) in [5.74, 6) is -0.908. The van der Waals surface area contributed by atoms with Gasteiger partial charge >= 0.3 is 5.97 Å². The zero-order chi connectivity index (χ0) is 14.8. The molecule has 3 rings (SSSR count). The molecular weight excluding hydrogens is 286 g/mol. The number of nitrogens with zero attached hydrogens (tertiary/aromatic N) is 3. The maximum Gasteiger partial charge on any atom is 0.313 e. The van der Waals surface area contributed by atoms with Gasteiger partial charge < -0.3 is 9.67 Å². The van der Waals surface area contributed by atoms with Crippen LogP contribution in [0.15, 0.2) is 35.5 Å². The lowest BCUT2D eigenvalue weighted by Crippen LogP contribution is -2.08. The Morgan fingerprint density at radius 1 is 1.48 bits per heavy atom. The zero-order valence-electron chi connectivity index (χ0n) is 11.2. The molecule has 1 aliphatic rings. The lowest BCUT2D eigenvalue weighted by molar-refractivity contribution is -0.133. The number of thioether (sulfide) groups is 1. The quantitative estimate of drug-likeness (QED) is 0.693. The van der Waals surface area contributed by atoms with Crippen LogP contribution in [0.3, 0.4) is 0 Å². The van der Waals surface area contributed by atoms with E-state index in [1.54, 1.807) is 6.07 Å². The summed E-state index contributed by atoms with van der Waals surface area (Å²) in [5, 5.41) is 18.8. The van der Waals surface area contributed by atoms with Gasteiger partial charge in [0.15, 0.2) is 5.16 Å². The molecule has 0 spiro atoms. The highest BCUT2D eigenvalue weighted by Gasteiger charge is 2.22. The van der Waals surface area contributed by atoms with Crippen molar-refractivity contribution in [2.24, 2.45) is 0 Å². The molecule has 1 heterocycles. The van der Waals surface area contributed by atoms with Crippen LogP contribution >= 0.6 is 11.8 Å². The summed E-state index contributed by atoms with van der Waals surface area (Å²) in [5.41, 5.74) is 2.07. The van der Waals surface area contributed by atoms with Crippen molar-refractivity contribution in [1.82, 2.24) is 9.55 Å². The molecule has 1 aromatic carbocycles. The van der Waals surface area contributed by atoms with Crippen LogP contribution in [0, 0.1) is 11.3 Å². The zero-order valence-corrected chi connectivity index (χ0v) is 12.0. The molecule has 0 atom stereocenters. The number of aliphatic carboxylic acids is 1. The molecule has 0 aliphatic heterocycles. The molecule has 1 N–H and O–H groups in total. The summed E-state index contributed by atoms with van der Waals surface area (Å²) in [6.07, 6.45) is 6.05. The number of allylic oxidation sites excluding steroid dienone is 2. The molecular formula is C15H13N3O2S. The van der Waals surface area contributed by atoms with Crippen LogP contribution in [-0.2, 0) is 4.79 Å². The molecule has 0 radical (unpaired) electrons. The Morgan fingerprint density at radius 2 is 2.24 bits per heavy atom. The van der Waals surface area contributed by atoms with Gasteiger partial charge in [0, 0.05) is 6.04 Å².